The Morgan fingerprint density at radius 3 is 2.61 bits per heavy atom. The predicted octanol–water partition coefficient (Wildman–Crippen LogP) is 1.72. The second-order valence-electron chi connectivity index (χ2n) is 3.42. The average Bonchev–Trinajstić information content (AvgIpc) is 2.84. The highest BCUT2D eigenvalue weighted by Gasteiger charge is 2.06. The molecule has 1 heterocycles. The van der Waals surface area contributed by atoms with Crippen LogP contribution in [0.2, 0.25) is 0 Å². The Balaban J connectivity index is 2.06. The lowest BCUT2D eigenvalue weighted by molar-refractivity contribution is 0.602. The summed E-state index contributed by atoms with van der Waals surface area (Å²) in [6, 6.07) is 7.07. The minimum absolute atomic E-state index is 0.0571. The van der Waals surface area contributed by atoms with E-state index in [0.29, 0.717) is 10.8 Å². The second kappa shape index (κ2) is 5.40. The van der Waals surface area contributed by atoms with Gasteiger partial charge in [0.2, 0.25) is 10.0 Å². The summed E-state index contributed by atoms with van der Waals surface area (Å²) in [6.45, 7) is 1.59. The molecule has 18 heavy (non-hydrogen) atoms. The highest BCUT2D eigenvalue weighted by atomic mass is 32.2. The fourth-order valence-electron chi connectivity index (χ4n) is 1.20. The van der Waals surface area contributed by atoms with Crippen LogP contribution in [0.1, 0.15) is 6.92 Å². The first-order chi connectivity index (χ1) is 8.59. The van der Waals surface area contributed by atoms with E-state index in [1.807, 2.05) is 12.1 Å². The molecular formula is C10H12N4O2S2. The Hall–Kier alpha value is -1.54. The van der Waals surface area contributed by atoms with Gasteiger partial charge in [0.1, 0.15) is 6.33 Å². The van der Waals surface area contributed by atoms with Gasteiger partial charge in [-0.05, 0) is 31.2 Å². The molecule has 0 fully saturated rings. The van der Waals surface area contributed by atoms with E-state index < -0.39 is 10.0 Å². The number of aromatic amines is 1. The van der Waals surface area contributed by atoms with Gasteiger partial charge in [0, 0.05) is 10.6 Å². The first-order valence-corrected chi connectivity index (χ1v) is 7.70. The molecule has 1 aromatic heterocycles. The number of hydrogen-bond donors (Lipinski definition) is 2. The third-order valence-corrected chi connectivity index (χ3v) is 4.32. The molecule has 0 aliphatic heterocycles. The van der Waals surface area contributed by atoms with Gasteiger partial charge in [-0.15, -0.1) is 0 Å². The molecule has 0 bridgehead atoms. The zero-order valence-electron chi connectivity index (χ0n) is 9.62. The lowest BCUT2D eigenvalue weighted by atomic mass is 10.3. The normalized spacial score (nSPS) is 11.4. The summed E-state index contributed by atoms with van der Waals surface area (Å²) in [5.74, 6) is 0.0571. The Bertz CT molecular complexity index is 593. The van der Waals surface area contributed by atoms with Gasteiger partial charge in [0.05, 0.1) is 5.75 Å². The van der Waals surface area contributed by atoms with E-state index >= 15 is 0 Å². The van der Waals surface area contributed by atoms with Crippen molar-refractivity contribution in [3.8, 4) is 0 Å². The second-order valence-corrected chi connectivity index (χ2v) is 6.50. The molecule has 0 aliphatic rings. The van der Waals surface area contributed by atoms with Crippen LogP contribution in [0.15, 0.2) is 40.6 Å². The summed E-state index contributed by atoms with van der Waals surface area (Å²) in [6.07, 6.45) is 1.44. The number of H-pyrrole nitrogens is 1. The zero-order chi connectivity index (χ0) is 13.0. The van der Waals surface area contributed by atoms with Gasteiger partial charge in [-0.25, -0.2) is 13.4 Å². The number of sulfonamides is 1. The van der Waals surface area contributed by atoms with Crippen LogP contribution in [0, 0.1) is 0 Å². The standard InChI is InChI=1S/C10H12N4O2S2/c1-2-18(15,16)14-8-3-5-9(6-4-8)17-10-11-7-12-13-10/h3-7,14H,2H2,1H3,(H,11,12,13). The first kappa shape index (κ1) is 12.9. The topological polar surface area (TPSA) is 87.7 Å². The fraction of sp³-hybridized carbons (Fsp3) is 0.200. The monoisotopic (exact) mass is 284 g/mol. The van der Waals surface area contributed by atoms with Crippen LogP contribution < -0.4 is 4.72 Å². The lowest BCUT2D eigenvalue weighted by Gasteiger charge is -2.06. The van der Waals surface area contributed by atoms with Crippen molar-refractivity contribution in [1.82, 2.24) is 15.2 Å². The Labute approximate surface area is 109 Å². The molecule has 0 spiro atoms. The summed E-state index contributed by atoms with van der Waals surface area (Å²) in [5.41, 5.74) is 0.554. The van der Waals surface area contributed by atoms with Crippen molar-refractivity contribution < 1.29 is 8.42 Å². The summed E-state index contributed by atoms with van der Waals surface area (Å²) in [7, 11) is -3.22. The van der Waals surface area contributed by atoms with Gasteiger partial charge in [0.15, 0.2) is 5.16 Å². The Morgan fingerprint density at radius 1 is 1.33 bits per heavy atom. The number of anilines is 1. The molecule has 0 saturated carbocycles. The van der Waals surface area contributed by atoms with E-state index in [4.69, 9.17) is 0 Å². The van der Waals surface area contributed by atoms with Crippen LogP contribution >= 0.6 is 11.8 Å². The van der Waals surface area contributed by atoms with Crippen molar-refractivity contribution in [2.45, 2.75) is 17.0 Å². The van der Waals surface area contributed by atoms with Crippen molar-refractivity contribution in [2.24, 2.45) is 0 Å². The molecule has 1 aromatic carbocycles. The van der Waals surface area contributed by atoms with Crippen molar-refractivity contribution in [3.05, 3.63) is 30.6 Å². The Morgan fingerprint density at radius 2 is 2.06 bits per heavy atom. The number of rotatable bonds is 5. The summed E-state index contributed by atoms with van der Waals surface area (Å²) in [5, 5.41) is 7.18. The maximum atomic E-state index is 11.4. The minimum Gasteiger partial charge on any atom is -0.284 e. The van der Waals surface area contributed by atoms with Crippen LogP contribution in [-0.4, -0.2) is 29.4 Å². The smallest absolute Gasteiger partial charge is 0.232 e. The van der Waals surface area contributed by atoms with Crippen LogP contribution in [0.4, 0.5) is 5.69 Å². The molecule has 2 rings (SSSR count). The number of benzene rings is 1. The van der Waals surface area contributed by atoms with Gasteiger partial charge in [-0.1, -0.05) is 11.8 Å². The molecule has 0 unspecified atom stereocenters. The van der Waals surface area contributed by atoms with Crippen molar-refractivity contribution in [1.29, 1.82) is 0 Å². The third-order valence-electron chi connectivity index (χ3n) is 2.12. The van der Waals surface area contributed by atoms with Crippen LogP contribution in [0.25, 0.3) is 0 Å². The van der Waals surface area contributed by atoms with Crippen LogP contribution in [0.5, 0.6) is 0 Å². The largest absolute Gasteiger partial charge is 0.284 e. The van der Waals surface area contributed by atoms with E-state index in [2.05, 4.69) is 19.9 Å². The summed E-state index contributed by atoms with van der Waals surface area (Å²) < 4.78 is 25.2. The van der Waals surface area contributed by atoms with Crippen LogP contribution in [-0.2, 0) is 10.0 Å². The quantitative estimate of drug-likeness (QED) is 0.872. The summed E-state index contributed by atoms with van der Waals surface area (Å²) in [4.78, 5) is 4.94. The Kier molecular flexibility index (Phi) is 3.87. The van der Waals surface area contributed by atoms with Gasteiger partial charge in [-0.3, -0.25) is 9.82 Å². The summed E-state index contributed by atoms with van der Waals surface area (Å²) >= 11 is 1.42. The zero-order valence-corrected chi connectivity index (χ0v) is 11.3. The van der Waals surface area contributed by atoms with E-state index in [1.165, 1.54) is 18.1 Å². The molecule has 0 aliphatic carbocycles. The molecule has 96 valence electrons. The third kappa shape index (κ3) is 3.47. The first-order valence-electron chi connectivity index (χ1n) is 5.23. The van der Waals surface area contributed by atoms with Crippen molar-refractivity contribution in [2.75, 3.05) is 10.5 Å². The maximum Gasteiger partial charge on any atom is 0.232 e. The van der Waals surface area contributed by atoms with Gasteiger partial charge < -0.3 is 0 Å². The highest BCUT2D eigenvalue weighted by molar-refractivity contribution is 7.99. The van der Waals surface area contributed by atoms with E-state index in [-0.39, 0.29) is 5.75 Å². The van der Waals surface area contributed by atoms with Crippen molar-refractivity contribution in [3.63, 3.8) is 0 Å². The van der Waals surface area contributed by atoms with Crippen LogP contribution in [0.3, 0.4) is 0 Å². The molecular weight excluding hydrogens is 272 g/mol. The minimum atomic E-state index is -3.22. The van der Waals surface area contributed by atoms with Gasteiger partial charge in [-0.2, -0.15) is 5.10 Å². The molecule has 0 amide bonds. The molecule has 2 aromatic rings. The van der Waals surface area contributed by atoms with E-state index in [0.717, 1.165) is 4.90 Å². The number of nitrogens with one attached hydrogen (secondary N) is 2. The number of hydrogen-bond acceptors (Lipinski definition) is 5. The molecule has 8 heteroatoms. The van der Waals surface area contributed by atoms with Gasteiger partial charge >= 0.3 is 0 Å². The highest BCUT2D eigenvalue weighted by Crippen LogP contribution is 2.25. The van der Waals surface area contributed by atoms with E-state index in [9.17, 15) is 8.42 Å². The molecule has 6 nitrogen and oxygen atoms in total. The van der Waals surface area contributed by atoms with E-state index in [1.54, 1.807) is 19.1 Å². The lowest BCUT2D eigenvalue weighted by Crippen LogP contribution is -2.14. The number of aromatic nitrogens is 3. The van der Waals surface area contributed by atoms with Crippen molar-refractivity contribution >= 4 is 27.5 Å². The fourth-order valence-corrected chi connectivity index (χ4v) is 2.53. The molecule has 2 N–H and O–H groups in total. The molecule has 0 radical (unpaired) electrons. The average molecular weight is 284 g/mol. The SMILES string of the molecule is CCS(=O)(=O)Nc1ccc(Sc2ncn[nH]2)cc1. The van der Waals surface area contributed by atoms with Gasteiger partial charge in [0.25, 0.3) is 0 Å². The molecule has 0 saturated heterocycles. The number of nitrogens with zero attached hydrogens (tertiary/aromatic N) is 2. The molecule has 0 atom stereocenters. The maximum absolute atomic E-state index is 11.4. The predicted molar refractivity (Wildman–Crippen MR) is 70.0 cm³/mol.